The van der Waals surface area contributed by atoms with Crippen LogP contribution in [0.4, 0.5) is 0 Å². The lowest BCUT2D eigenvalue weighted by Crippen LogP contribution is -2.38. The molecular formula is C8H15NO3. The van der Waals surface area contributed by atoms with Crippen LogP contribution in [0.1, 0.15) is 19.8 Å². The van der Waals surface area contributed by atoms with Crippen molar-refractivity contribution >= 4 is 5.97 Å². The van der Waals surface area contributed by atoms with Crippen LogP contribution in [0.2, 0.25) is 0 Å². The SMILES string of the molecule is CC(NCC1CCCO1)C(=O)O. The summed E-state index contributed by atoms with van der Waals surface area (Å²) in [5, 5.41) is 11.5. The van der Waals surface area contributed by atoms with Crippen molar-refractivity contribution in [3.05, 3.63) is 0 Å². The van der Waals surface area contributed by atoms with E-state index in [-0.39, 0.29) is 6.10 Å². The Morgan fingerprint density at radius 3 is 3.08 bits per heavy atom. The van der Waals surface area contributed by atoms with Gasteiger partial charge < -0.3 is 15.2 Å². The lowest BCUT2D eigenvalue weighted by Gasteiger charge is -2.13. The average Bonchev–Trinajstić information content (AvgIpc) is 2.51. The maximum Gasteiger partial charge on any atom is 0.320 e. The van der Waals surface area contributed by atoms with E-state index in [9.17, 15) is 4.79 Å². The van der Waals surface area contributed by atoms with Crippen LogP contribution < -0.4 is 5.32 Å². The van der Waals surface area contributed by atoms with E-state index in [1.165, 1.54) is 0 Å². The number of nitrogens with one attached hydrogen (secondary N) is 1. The summed E-state index contributed by atoms with van der Waals surface area (Å²) in [6.07, 6.45) is 2.35. The average molecular weight is 173 g/mol. The quantitative estimate of drug-likeness (QED) is 0.639. The summed E-state index contributed by atoms with van der Waals surface area (Å²) >= 11 is 0. The molecule has 1 aliphatic heterocycles. The van der Waals surface area contributed by atoms with Gasteiger partial charge in [0, 0.05) is 13.2 Å². The molecule has 0 aromatic heterocycles. The Morgan fingerprint density at radius 1 is 1.83 bits per heavy atom. The Bertz CT molecular complexity index is 154. The van der Waals surface area contributed by atoms with Crippen molar-refractivity contribution in [1.82, 2.24) is 5.32 Å². The van der Waals surface area contributed by atoms with Crippen molar-refractivity contribution in [3.63, 3.8) is 0 Å². The van der Waals surface area contributed by atoms with E-state index in [1.54, 1.807) is 6.92 Å². The third-order valence-corrected chi connectivity index (χ3v) is 2.05. The predicted molar refractivity (Wildman–Crippen MR) is 44.1 cm³/mol. The monoisotopic (exact) mass is 173 g/mol. The molecule has 4 heteroatoms. The van der Waals surface area contributed by atoms with Crippen LogP contribution in [0.15, 0.2) is 0 Å². The van der Waals surface area contributed by atoms with Gasteiger partial charge in [-0.1, -0.05) is 0 Å². The molecule has 0 amide bonds. The molecule has 1 fully saturated rings. The van der Waals surface area contributed by atoms with E-state index in [4.69, 9.17) is 9.84 Å². The van der Waals surface area contributed by atoms with E-state index in [0.717, 1.165) is 19.4 Å². The van der Waals surface area contributed by atoms with Gasteiger partial charge in [0.1, 0.15) is 6.04 Å². The smallest absolute Gasteiger partial charge is 0.320 e. The maximum absolute atomic E-state index is 10.4. The first-order valence-corrected chi connectivity index (χ1v) is 4.28. The van der Waals surface area contributed by atoms with Crippen molar-refractivity contribution in [2.24, 2.45) is 0 Å². The highest BCUT2D eigenvalue weighted by Crippen LogP contribution is 2.10. The van der Waals surface area contributed by atoms with Gasteiger partial charge in [0.2, 0.25) is 0 Å². The molecule has 0 bridgehead atoms. The summed E-state index contributed by atoms with van der Waals surface area (Å²) < 4.78 is 5.33. The van der Waals surface area contributed by atoms with Gasteiger partial charge in [0.15, 0.2) is 0 Å². The molecule has 0 saturated carbocycles. The number of carbonyl (C=O) groups is 1. The van der Waals surface area contributed by atoms with Crippen molar-refractivity contribution < 1.29 is 14.6 Å². The van der Waals surface area contributed by atoms with E-state index >= 15 is 0 Å². The zero-order valence-corrected chi connectivity index (χ0v) is 7.25. The molecule has 2 atom stereocenters. The minimum absolute atomic E-state index is 0.215. The largest absolute Gasteiger partial charge is 0.480 e. The number of carboxylic acids is 1. The summed E-state index contributed by atoms with van der Waals surface area (Å²) in [6, 6.07) is -0.478. The Labute approximate surface area is 71.9 Å². The second kappa shape index (κ2) is 4.42. The number of aliphatic carboxylic acids is 1. The Morgan fingerprint density at radius 2 is 2.58 bits per heavy atom. The number of hydrogen-bond donors (Lipinski definition) is 2. The number of ether oxygens (including phenoxy) is 1. The second-order valence-electron chi connectivity index (χ2n) is 3.10. The van der Waals surface area contributed by atoms with Gasteiger partial charge in [0.25, 0.3) is 0 Å². The summed E-state index contributed by atoms with van der Waals surface area (Å²) in [4.78, 5) is 10.4. The van der Waals surface area contributed by atoms with Crippen molar-refractivity contribution in [1.29, 1.82) is 0 Å². The highest BCUT2D eigenvalue weighted by atomic mass is 16.5. The van der Waals surface area contributed by atoms with Gasteiger partial charge in [-0.2, -0.15) is 0 Å². The molecule has 0 radical (unpaired) electrons. The summed E-state index contributed by atoms with van der Waals surface area (Å²) in [7, 11) is 0. The normalized spacial score (nSPS) is 25.6. The molecule has 1 heterocycles. The molecule has 0 aliphatic carbocycles. The fourth-order valence-electron chi connectivity index (χ4n) is 1.20. The van der Waals surface area contributed by atoms with Crippen LogP contribution in [0.25, 0.3) is 0 Å². The third kappa shape index (κ3) is 2.79. The minimum atomic E-state index is -0.812. The van der Waals surface area contributed by atoms with Crippen molar-refractivity contribution in [2.75, 3.05) is 13.2 Å². The fourth-order valence-corrected chi connectivity index (χ4v) is 1.20. The van der Waals surface area contributed by atoms with Crippen molar-refractivity contribution in [2.45, 2.75) is 31.9 Å². The van der Waals surface area contributed by atoms with Crippen LogP contribution >= 0.6 is 0 Å². The lowest BCUT2D eigenvalue weighted by atomic mass is 10.2. The van der Waals surface area contributed by atoms with Gasteiger partial charge in [0.05, 0.1) is 6.10 Å². The molecule has 2 unspecified atom stereocenters. The fraction of sp³-hybridized carbons (Fsp3) is 0.875. The molecule has 12 heavy (non-hydrogen) atoms. The van der Waals surface area contributed by atoms with Crippen LogP contribution in [-0.4, -0.2) is 36.4 Å². The Balaban J connectivity index is 2.11. The summed E-state index contributed by atoms with van der Waals surface area (Å²) in [5.74, 6) is -0.812. The summed E-state index contributed by atoms with van der Waals surface area (Å²) in [6.45, 7) is 3.10. The zero-order chi connectivity index (χ0) is 8.97. The highest BCUT2D eigenvalue weighted by molar-refractivity contribution is 5.72. The predicted octanol–water partition coefficient (Wildman–Crippen LogP) is 0.228. The molecule has 0 aromatic rings. The highest BCUT2D eigenvalue weighted by Gasteiger charge is 2.17. The van der Waals surface area contributed by atoms with Crippen LogP contribution in [0.3, 0.4) is 0 Å². The first-order valence-electron chi connectivity index (χ1n) is 4.28. The summed E-state index contributed by atoms with van der Waals surface area (Å²) in [5.41, 5.74) is 0. The Hall–Kier alpha value is -0.610. The van der Waals surface area contributed by atoms with Crippen LogP contribution in [0, 0.1) is 0 Å². The van der Waals surface area contributed by atoms with Crippen molar-refractivity contribution in [3.8, 4) is 0 Å². The first-order chi connectivity index (χ1) is 5.70. The molecule has 0 aromatic carbocycles. The van der Waals surface area contributed by atoms with Crippen LogP contribution in [0.5, 0.6) is 0 Å². The molecule has 2 N–H and O–H groups in total. The molecular weight excluding hydrogens is 158 g/mol. The van der Waals surface area contributed by atoms with E-state index < -0.39 is 12.0 Å². The topological polar surface area (TPSA) is 58.6 Å². The van der Waals surface area contributed by atoms with E-state index in [0.29, 0.717) is 6.54 Å². The lowest BCUT2D eigenvalue weighted by molar-refractivity contribution is -0.139. The van der Waals surface area contributed by atoms with Gasteiger partial charge in [-0.05, 0) is 19.8 Å². The molecule has 4 nitrogen and oxygen atoms in total. The first kappa shape index (κ1) is 9.48. The molecule has 1 aliphatic rings. The zero-order valence-electron chi connectivity index (χ0n) is 7.25. The second-order valence-corrected chi connectivity index (χ2v) is 3.10. The maximum atomic E-state index is 10.4. The van der Waals surface area contributed by atoms with Gasteiger partial charge in [-0.15, -0.1) is 0 Å². The molecule has 70 valence electrons. The molecule has 0 spiro atoms. The Kier molecular flexibility index (Phi) is 3.49. The standard InChI is InChI=1S/C8H15NO3/c1-6(8(10)11)9-5-7-3-2-4-12-7/h6-7,9H,2-5H2,1H3,(H,10,11). The van der Waals surface area contributed by atoms with Gasteiger partial charge in [-0.3, -0.25) is 4.79 Å². The number of hydrogen-bond acceptors (Lipinski definition) is 3. The van der Waals surface area contributed by atoms with E-state index in [2.05, 4.69) is 5.32 Å². The molecule has 1 rings (SSSR count). The minimum Gasteiger partial charge on any atom is -0.480 e. The molecule has 1 saturated heterocycles. The van der Waals surface area contributed by atoms with Crippen LogP contribution in [-0.2, 0) is 9.53 Å². The van der Waals surface area contributed by atoms with E-state index in [1.807, 2.05) is 0 Å². The van der Waals surface area contributed by atoms with Gasteiger partial charge >= 0.3 is 5.97 Å². The van der Waals surface area contributed by atoms with Gasteiger partial charge in [-0.25, -0.2) is 0 Å². The number of rotatable bonds is 4. The number of carboxylic acid groups (broad SMARTS) is 1. The third-order valence-electron chi connectivity index (χ3n) is 2.05.